The molecule has 0 spiro atoms. The van der Waals surface area contributed by atoms with E-state index in [-0.39, 0.29) is 11.1 Å². The first-order chi connectivity index (χ1) is 6.59. The smallest absolute Gasteiger partial charge is 0.356 e. The van der Waals surface area contributed by atoms with Crippen LogP contribution in [-0.2, 0) is 0 Å². The number of carboxylic acid groups (broad SMARTS) is 1. The van der Waals surface area contributed by atoms with Gasteiger partial charge in [0.05, 0.1) is 5.52 Å². The van der Waals surface area contributed by atoms with E-state index in [9.17, 15) is 14.3 Å². The largest absolute Gasteiger partial charge is 0.505 e. The van der Waals surface area contributed by atoms with Crippen LogP contribution in [0.4, 0.5) is 4.39 Å². The molecule has 0 saturated heterocycles. The highest BCUT2D eigenvalue weighted by molar-refractivity contribution is 5.99. The molecule has 0 amide bonds. The minimum atomic E-state index is -1.28. The molecule has 0 radical (unpaired) electrons. The van der Waals surface area contributed by atoms with Crippen molar-refractivity contribution in [1.82, 2.24) is 4.98 Å². The molecule has 0 bridgehead atoms. The summed E-state index contributed by atoms with van der Waals surface area (Å²) in [4.78, 5) is 13.1. The number of hydrogen-bond donors (Lipinski definition) is 3. The molecule has 0 unspecified atom stereocenters. The van der Waals surface area contributed by atoms with E-state index in [2.05, 4.69) is 4.98 Å². The number of aromatic nitrogens is 1. The summed E-state index contributed by atoms with van der Waals surface area (Å²) in [6.07, 6.45) is 0. The summed E-state index contributed by atoms with van der Waals surface area (Å²) >= 11 is 0. The zero-order valence-corrected chi connectivity index (χ0v) is 6.91. The number of aromatic amines is 1. The number of carboxylic acids is 1. The number of rotatable bonds is 1. The van der Waals surface area contributed by atoms with Crippen molar-refractivity contribution < 1.29 is 19.4 Å². The fraction of sp³-hybridized carbons (Fsp3) is 0. The highest BCUT2D eigenvalue weighted by atomic mass is 19.1. The lowest BCUT2D eigenvalue weighted by atomic mass is 10.2. The molecule has 1 aromatic carbocycles. The van der Waals surface area contributed by atoms with E-state index >= 15 is 0 Å². The van der Waals surface area contributed by atoms with Gasteiger partial charge in [0.1, 0.15) is 5.82 Å². The lowest BCUT2D eigenvalue weighted by Crippen LogP contribution is -1.95. The van der Waals surface area contributed by atoms with Gasteiger partial charge >= 0.3 is 5.97 Å². The molecule has 3 N–H and O–H groups in total. The van der Waals surface area contributed by atoms with Crippen molar-refractivity contribution in [2.45, 2.75) is 0 Å². The Morgan fingerprint density at radius 1 is 1.43 bits per heavy atom. The molecule has 72 valence electrons. The fourth-order valence-electron chi connectivity index (χ4n) is 1.30. The molecule has 0 saturated carbocycles. The summed E-state index contributed by atoms with van der Waals surface area (Å²) in [5, 5.41) is 18.2. The molecule has 4 nitrogen and oxygen atoms in total. The minimum absolute atomic E-state index is 0.169. The van der Waals surface area contributed by atoms with Crippen molar-refractivity contribution in [2.24, 2.45) is 0 Å². The molecule has 0 atom stereocenters. The number of aromatic hydroxyl groups is 1. The van der Waals surface area contributed by atoms with Crippen LogP contribution in [0.3, 0.4) is 0 Å². The second-order valence-electron chi connectivity index (χ2n) is 2.84. The third-order valence-electron chi connectivity index (χ3n) is 1.95. The minimum Gasteiger partial charge on any atom is -0.505 e. The Bertz CT molecular complexity index is 518. The first-order valence-corrected chi connectivity index (χ1v) is 3.83. The third kappa shape index (κ3) is 1.10. The van der Waals surface area contributed by atoms with Crippen LogP contribution in [0.1, 0.15) is 10.5 Å². The standard InChI is InChI=1S/C9H6FNO3/c10-4-1-2-6-5(3-4)8(12)7(11-6)9(13)14/h1-3,11-12H,(H,13,14). The van der Waals surface area contributed by atoms with Gasteiger partial charge in [-0.2, -0.15) is 0 Å². The van der Waals surface area contributed by atoms with Crippen LogP contribution in [0.5, 0.6) is 5.75 Å². The maximum atomic E-state index is 12.8. The predicted molar refractivity (Wildman–Crippen MR) is 46.9 cm³/mol. The number of fused-ring (bicyclic) bond motifs is 1. The number of aromatic carboxylic acids is 1. The SMILES string of the molecule is O=C(O)c1[nH]c2ccc(F)cc2c1O. The number of benzene rings is 1. The van der Waals surface area contributed by atoms with Crippen LogP contribution >= 0.6 is 0 Å². The molecule has 2 rings (SSSR count). The fourth-order valence-corrected chi connectivity index (χ4v) is 1.30. The van der Waals surface area contributed by atoms with Gasteiger partial charge in [0, 0.05) is 5.39 Å². The molecule has 0 aliphatic rings. The molecular formula is C9H6FNO3. The van der Waals surface area contributed by atoms with E-state index in [1.807, 2.05) is 0 Å². The van der Waals surface area contributed by atoms with Gasteiger partial charge in [-0.3, -0.25) is 0 Å². The summed E-state index contributed by atoms with van der Waals surface area (Å²) in [6, 6.07) is 3.63. The third-order valence-corrected chi connectivity index (χ3v) is 1.95. The zero-order chi connectivity index (χ0) is 10.3. The lowest BCUT2D eigenvalue weighted by Gasteiger charge is -1.90. The Hall–Kier alpha value is -2.04. The van der Waals surface area contributed by atoms with Crippen molar-refractivity contribution in [3.63, 3.8) is 0 Å². The molecule has 1 heterocycles. The summed E-state index contributed by atoms with van der Waals surface area (Å²) in [5.41, 5.74) is 0.0619. The maximum Gasteiger partial charge on any atom is 0.356 e. The predicted octanol–water partition coefficient (Wildman–Crippen LogP) is 1.71. The summed E-state index contributed by atoms with van der Waals surface area (Å²) < 4.78 is 12.8. The molecule has 1 aromatic heterocycles. The van der Waals surface area contributed by atoms with Crippen LogP contribution in [0.15, 0.2) is 18.2 Å². The molecule has 0 aliphatic heterocycles. The second-order valence-corrected chi connectivity index (χ2v) is 2.84. The van der Waals surface area contributed by atoms with E-state index in [1.54, 1.807) is 0 Å². The highest BCUT2D eigenvalue weighted by Crippen LogP contribution is 2.29. The summed E-state index contributed by atoms with van der Waals surface area (Å²) in [5.74, 6) is -2.24. The van der Waals surface area contributed by atoms with Crippen LogP contribution in [0.2, 0.25) is 0 Å². The molecular weight excluding hydrogens is 189 g/mol. The quantitative estimate of drug-likeness (QED) is 0.648. The topological polar surface area (TPSA) is 73.3 Å². The Morgan fingerprint density at radius 3 is 2.79 bits per heavy atom. The molecule has 0 aliphatic carbocycles. The Balaban J connectivity index is 2.80. The van der Waals surface area contributed by atoms with Crippen molar-refractivity contribution in [3.05, 3.63) is 29.7 Å². The number of nitrogens with one attached hydrogen (secondary N) is 1. The molecule has 2 aromatic rings. The van der Waals surface area contributed by atoms with Crippen molar-refractivity contribution >= 4 is 16.9 Å². The molecule has 14 heavy (non-hydrogen) atoms. The Kier molecular flexibility index (Phi) is 1.67. The van der Waals surface area contributed by atoms with E-state index < -0.39 is 17.5 Å². The van der Waals surface area contributed by atoms with Gasteiger partial charge < -0.3 is 15.2 Å². The zero-order valence-electron chi connectivity index (χ0n) is 6.91. The molecule has 0 fully saturated rings. The Morgan fingerprint density at radius 2 is 2.14 bits per heavy atom. The average molecular weight is 195 g/mol. The first-order valence-electron chi connectivity index (χ1n) is 3.83. The van der Waals surface area contributed by atoms with Crippen LogP contribution in [0, 0.1) is 5.82 Å². The maximum absolute atomic E-state index is 12.8. The normalized spacial score (nSPS) is 10.6. The lowest BCUT2D eigenvalue weighted by molar-refractivity contribution is 0.0688. The summed E-state index contributed by atoms with van der Waals surface area (Å²) in [7, 11) is 0. The van der Waals surface area contributed by atoms with Gasteiger partial charge in [0.25, 0.3) is 0 Å². The van der Waals surface area contributed by atoms with Gasteiger partial charge in [-0.05, 0) is 18.2 Å². The number of hydrogen-bond acceptors (Lipinski definition) is 2. The molecule has 5 heteroatoms. The summed E-state index contributed by atoms with van der Waals surface area (Å²) in [6.45, 7) is 0. The van der Waals surface area contributed by atoms with Gasteiger partial charge in [-0.15, -0.1) is 0 Å². The first kappa shape index (κ1) is 8.55. The average Bonchev–Trinajstić information content (AvgIpc) is 2.44. The van der Waals surface area contributed by atoms with Gasteiger partial charge in [-0.25, -0.2) is 9.18 Å². The monoisotopic (exact) mass is 195 g/mol. The van der Waals surface area contributed by atoms with E-state index in [0.29, 0.717) is 5.52 Å². The second kappa shape index (κ2) is 2.73. The number of halogens is 1. The van der Waals surface area contributed by atoms with Crippen LogP contribution in [0.25, 0.3) is 10.9 Å². The number of carbonyl (C=O) groups is 1. The van der Waals surface area contributed by atoms with Crippen LogP contribution < -0.4 is 0 Å². The Labute approximate surface area is 77.6 Å². The van der Waals surface area contributed by atoms with Gasteiger partial charge in [0.15, 0.2) is 11.4 Å². The number of H-pyrrole nitrogens is 1. The van der Waals surface area contributed by atoms with Crippen molar-refractivity contribution in [3.8, 4) is 5.75 Å². The van der Waals surface area contributed by atoms with E-state index in [4.69, 9.17) is 5.11 Å². The van der Waals surface area contributed by atoms with Crippen molar-refractivity contribution in [2.75, 3.05) is 0 Å². The van der Waals surface area contributed by atoms with Crippen molar-refractivity contribution in [1.29, 1.82) is 0 Å². The highest BCUT2D eigenvalue weighted by Gasteiger charge is 2.16. The van der Waals surface area contributed by atoms with E-state index in [1.165, 1.54) is 12.1 Å². The van der Waals surface area contributed by atoms with Gasteiger partial charge in [0.2, 0.25) is 0 Å². The van der Waals surface area contributed by atoms with E-state index in [0.717, 1.165) is 6.07 Å². The van der Waals surface area contributed by atoms with Crippen LogP contribution in [-0.4, -0.2) is 21.2 Å². The van der Waals surface area contributed by atoms with Gasteiger partial charge in [-0.1, -0.05) is 0 Å².